The third kappa shape index (κ3) is 10.3. The Balaban J connectivity index is 1.18. The van der Waals surface area contributed by atoms with Gasteiger partial charge in [-0.1, -0.05) is 6.07 Å². The van der Waals surface area contributed by atoms with Crippen molar-refractivity contribution in [3.05, 3.63) is 54.2 Å². The SMILES string of the molecule is COc1ccc(-c2ccc3nccc(C(=O)NCC(=O)N4CC(F)(F)C[C@H]4C#N)c3c2)c(OCCCN2CCN(C(=O)CNC(=O)OC(C)(C)C)CC2)c1. The van der Waals surface area contributed by atoms with Crippen LogP contribution in [0.25, 0.3) is 22.0 Å². The van der Waals surface area contributed by atoms with Crippen LogP contribution in [0.1, 0.15) is 44.0 Å². The Morgan fingerprint density at radius 2 is 1.74 bits per heavy atom. The molecule has 5 rings (SSSR count). The summed E-state index contributed by atoms with van der Waals surface area (Å²) in [5, 5.41) is 14.8. The van der Waals surface area contributed by atoms with Crippen molar-refractivity contribution in [1.82, 2.24) is 30.3 Å². The summed E-state index contributed by atoms with van der Waals surface area (Å²) >= 11 is 0. The van der Waals surface area contributed by atoms with Crippen molar-refractivity contribution < 1.29 is 42.2 Å². The van der Waals surface area contributed by atoms with Crippen LogP contribution in [0.2, 0.25) is 0 Å². The van der Waals surface area contributed by atoms with Gasteiger partial charge in [0, 0.05) is 62.4 Å². The number of nitrogens with one attached hydrogen (secondary N) is 2. The Morgan fingerprint density at radius 1 is 1.00 bits per heavy atom. The zero-order valence-electron chi connectivity index (χ0n) is 30.8. The number of rotatable bonds is 12. The number of methoxy groups -OCH3 is 1. The number of fused-ring (bicyclic) bond motifs is 1. The summed E-state index contributed by atoms with van der Waals surface area (Å²) in [6.45, 7) is 7.34. The fourth-order valence-electron chi connectivity index (χ4n) is 6.31. The van der Waals surface area contributed by atoms with Crippen LogP contribution in [0.5, 0.6) is 11.5 Å². The average Bonchev–Trinajstić information content (AvgIpc) is 3.47. The zero-order valence-corrected chi connectivity index (χ0v) is 30.8. The maximum Gasteiger partial charge on any atom is 0.408 e. The third-order valence-corrected chi connectivity index (χ3v) is 9.01. The van der Waals surface area contributed by atoms with E-state index in [1.165, 1.54) is 12.3 Å². The molecule has 0 radical (unpaired) electrons. The molecule has 3 heterocycles. The second kappa shape index (κ2) is 17.1. The van der Waals surface area contributed by atoms with E-state index >= 15 is 0 Å². The number of piperazine rings is 1. The van der Waals surface area contributed by atoms with Gasteiger partial charge in [0.2, 0.25) is 11.8 Å². The standard InChI is InChI=1S/C38H45F2N7O7/c1-37(2,3)54-36(51)44-22-33(48)46-15-13-45(14-16-46)12-5-17-53-32-19-27(52-4)7-8-28(32)25-6-9-31-30(18-25)29(10-11-42-31)35(50)43-23-34(49)47-24-38(39,40)20-26(47)21-41/h6-11,18-19,26H,5,12-17,20,22-24H2,1-4H3,(H,43,50)(H,44,51)/t26-/m0/s1. The summed E-state index contributed by atoms with van der Waals surface area (Å²) in [6, 6.07) is 12.8. The number of likely N-dealkylation sites (tertiary alicyclic amines) is 1. The van der Waals surface area contributed by atoms with Gasteiger partial charge < -0.3 is 34.6 Å². The lowest BCUT2D eigenvalue weighted by atomic mass is 9.99. The van der Waals surface area contributed by atoms with E-state index in [2.05, 4.69) is 20.5 Å². The third-order valence-electron chi connectivity index (χ3n) is 9.01. The molecule has 2 N–H and O–H groups in total. The molecule has 54 heavy (non-hydrogen) atoms. The fraction of sp³-hybridized carbons (Fsp3) is 0.474. The fourth-order valence-corrected chi connectivity index (χ4v) is 6.31. The molecule has 16 heteroatoms. The number of hydrogen-bond acceptors (Lipinski definition) is 10. The van der Waals surface area contributed by atoms with E-state index in [1.807, 2.05) is 12.1 Å². The number of nitrogens with zero attached hydrogens (tertiary/aromatic N) is 5. The Bertz CT molecular complexity index is 1900. The highest BCUT2D eigenvalue weighted by molar-refractivity contribution is 6.07. The first-order chi connectivity index (χ1) is 25.7. The van der Waals surface area contributed by atoms with Gasteiger partial charge in [0.25, 0.3) is 11.8 Å². The quantitative estimate of drug-likeness (QED) is 0.260. The molecule has 0 aliphatic carbocycles. The lowest BCUT2D eigenvalue weighted by molar-refractivity contribution is -0.132. The van der Waals surface area contributed by atoms with Crippen molar-refractivity contribution in [3.8, 4) is 28.7 Å². The smallest absolute Gasteiger partial charge is 0.408 e. The second-order valence-corrected chi connectivity index (χ2v) is 14.1. The monoisotopic (exact) mass is 749 g/mol. The Hall–Kier alpha value is -5.56. The normalized spacial score (nSPS) is 17.1. The van der Waals surface area contributed by atoms with Crippen molar-refractivity contribution in [1.29, 1.82) is 5.26 Å². The molecule has 2 aliphatic rings. The van der Waals surface area contributed by atoms with Gasteiger partial charge in [-0.3, -0.25) is 24.3 Å². The first-order valence-corrected chi connectivity index (χ1v) is 17.7. The number of halogens is 2. The van der Waals surface area contributed by atoms with Crippen LogP contribution >= 0.6 is 0 Å². The molecule has 0 bridgehead atoms. The lowest BCUT2D eigenvalue weighted by Crippen LogP contribution is -2.51. The molecule has 2 aromatic carbocycles. The van der Waals surface area contributed by atoms with Gasteiger partial charge in [-0.25, -0.2) is 13.6 Å². The van der Waals surface area contributed by atoms with Crippen molar-refractivity contribution in [2.75, 3.05) is 66.1 Å². The molecular formula is C38H45F2N7O7. The van der Waals surface area contributed by atoms with Crippen LogP contribution in [-0.2, 0) is 14.3 Å². The molecule has 2 saturated heterocycles. The molecule has 2 aliphatic heterocycles. The van der Waals surface area contributed by atoms with Crippen LogP contribution in [0.15, 0.2) is 48.7 Å². The largest absolute Gasteiger partial charge is 0.497 e. The number of amides is 4. The van der Waals surface area contributed by atoms with E-state index in [0.29, 0.717) is 61.6 Å². The topological polar surface area (TPSA) is 166 Å². The minimum atomic E-state index is -3.16. The van der Waals surface area contributed by atoms with Crippen LogP contribution in [0.4, 0.5) is 13.6 Å². The van der Waals surface area contributed by atoms with Crippen molar-refractivity contribution in [3.63, 3.8) is 0 Å². The van der Waals surface area contributed by atoms with Crippen molar-refractivity contribution in [2.24, 2.45) is 0 Å². The van der Waals surface area contributed by atoms with E-state index in [1.54, 1.807) is 63.1 Å². The summed E-state index contributed by atoms with van der Waals surface area (Å²) in [5.41, 5.74) is 1.59. The van der Waals surface area contributed by atoms with Gasteiger partial charge >= 0.3 is 6.09 Å². The summed E-state index contributed by atoms with van der Waals surface area (Å²) < 4.78 is 44.7. The zero-order chi connectivity index (χ0) is 39.0. The Kier molecular flexibility index (Phi) is 12.5. The number of alkyl halides is 2. The Morgan fingerprint density at radius 3 is 2.44 bits per heavy atom. The first-order valence-electron chi connectivity index (χ1n) is 17.7. The van der Waals surface area contributed by atoms with Gasteiger partial charge in [0.1, 0.15) is 29.7 Å². The second-order valence-electron chi connectivity index (χ2n) is 14.1. The van der Waals surface area contributed by atoms with Gasteiger partial charge in [-0.15, -0.1) is 0 Å². The Labute approximate surface area is 312 Å². The number of carbonyl (C=O) groups is 4. The highest BCUT2D eigenvalue weighted by Gasteiger charge is 2.47. The number of alkyl carbamates (subject to hydrolysis) is 1. The highest BCUT2D eigenvalue weighted by atomic mass is 19.3. The van der Waals surface area contributed by atoms with Crippen LogP contribution in [0.3, 0.4) is 0 Å². The molecule has 14 nitrogen and oxygen atoms in total. The summed E-state index contributed by atoms with van der Waals surface area (Å²) in [5.74, 6) is -3.53. The maximum absolute atomic E-state index is 13.9. The van der Waals surface area contributed by atoms with Crippen LogP contribution in [-0.4, -0.2) is 127 Å². The molecule has 0 spiro atoms. The average molecular weight is 750 g/mol. The molecule has 1 aromatic heterocycles. The summed E-state index contributed by atoms with van der Waals surface area (Å²) in [7, 11) is 1.56. The number of benzene rings is 2. The molecule has 4 amide bonds. The van der Waals surface area contributed by atoms with Crippen molar-refractivity contribution >= 4 is 34.7 Å². The van der Waals surface area contributed by atoms with Gasteiger partial charge in [-0.05, 0) is 63.1 Å². The maximum atomic E-state index is 13.9. The van der Waals surface area contributed by atoms with E-state index in [4.69, 9.17) is 14.2 Å². The van der Waals surface area contributed by atoms with Crippen LogP contribution < -0.4 is 20.1 Å². The first kappa shape index (κ1) is 39.6. The van der Waals surface area contributed by atoms with Crippen LogP contribution in [0, 0.1) is 11.3 Å². The number of hydrogen-bond donors (Lipinski definition) is 2. The number of nitriles is 1. The lowest BCUT2D eigenvalue weighted by Gasteiger charge is -2.34. The minimum Gasteiger partial charge on any atom is -0.497 e. The van der Waals surface area contributed by atoms with Gasteiger partial charge in [0.15, 0.2) is 0 Å². The van der Waals surface area contributed by atoms with Gasteiger partial charge in [-0.2, -0.15) is 5.26 Å². The van der Waals surface area contributed by atoms with E-state index in [-0.39, 0.29) is 18.0 Å². The number of carbonyl (C=O) groups excluding carboxylic acids is 4. The predicted molar refractivity (Wildman–Crippen MR) is 194 cm³/mol. The van der Waals surface area contributed by atoms with E-state index in [0.717, 1.165) is 22.6 Å². The minimum absolute atomic E-state index is 0.121. The molecule has 288 valence electrons. The highest BCUT2D eigenvalue weighted by Crippen LogP contribution is 2.36. The molecule has 2 fully saturated rings. The predicted octanol–water partition coefficient (Wildman–Crippen LogP) is 3.84. The molecular weight excluding hydrogens is 704 g/mol. The molecule has 1 atom stereocenters. The summed E-state index contributed by atoms with van der Waals surface area (Å²) in [6.07, 6.45) is 0.810. The number of pyridine rings is 1. The van der Waals surface area contributed by atoms with E-state index < -0.39 is 55.0 Å². The molecule has 0 saturated carbocycles. The molecule has 0 unspecified atom stereocenters. The van der Waals surface area contributed by atoms with Crippen molar-refractivity contribution in [2.45, 2.75) is 51.2 Å². The number of ether oxygens (including phenoxy) is 3. The number of aromatic nitrogens is 1. The summed E-state index contributed by atoms with van der Waals surface area (Å²) in [4.78, 5) is 59.6. The van der Waals surface area contributed by atoms with Gasteiger partial charge in [0.05, 0.1) is 44.0 Å². The van der Waals surface area contributed by atoms with E-state index in [9.17, 15) is 33.2 Å². The molecule has 3 aromatic rings.